The Morgan fingerprint density at radius 3 is 2.70 bits per heavy atom. The number of amides is 1. The number of thioether (sulfide) groups is 1. The number of benzene rings is 2. The van der Waals surface area contributed by atoms with Crippen molar-refractivity contribution in [3.05, 3.63) is 57.7 Å². The van der Waals surface area contributed by atoms with Gasteiger partial charge in [0.2, 0.25) is 5.91 Å². The topological polar surface area (TPSA) is 44.9 Å². The summed E-state index contributed by atoms with van der Waals surface area (Å²) in [5.74, 6) is 0.133. The Bertz CT molecular complexity index is 879. The van der Waals surface area contributed by atoms with Crippen molar-refractivity contribution in [1.82, 2.24) is 4.98 Å². The minimum Gasteiger partial charge on any atom is -0.360 e. The van der Waals surface area contributed by atoms with Crippen LogP contribution < -0.4 is 5.32 Å². The summed E-state index contributed by atoms with van der Waals surface area (Å²) in [6.07, 6.45) is 1.85. The van der Waals surface area contributed by atoms with Crippen molar-refractivity contribution in [3.63, 3.8) is 0 Å². The number of hydrogen-bond donors (Lipinski definition) is 2. The van der Waals surface area contributed by atoms with Gasteiger partial charge in [0.1, 0.15) is 0 Å². The first-order valence-corrected chi connectivity index (χ1v) is 8.80. The summed E-state index contributed by atoms with van der Waals surface area (Å²) in [5, 5.41) is 5.24. The molecule has 0 saturated heterocycles. The molecule has 0 fully saturated rings. The van der Waals surface area contributed by atoms with E-state index in [1.54, 1.807) is 18.2 Å². The zero-order valence-corrected chi connectivity index (χ0v) is 14.8. The van der Waals surface area contributed by atoms with Gasteiger partial charge in [-0.05, 0) is 30.3 Å². The van der Waals surface area contributed by atoms with E-state index in [1.807, 2.05) is 24.4 Å². The van der Waals surface area contributed by atoms with Gasteiger partial charge in [-0.2, -0.15) is 0 Å². The lowest BCUT2D eigenvalue weighted by Gasteiger charge is -2.06. The molecule has 23 heavy (non-hydrogen) atoms. The van der Waals surface area contributed by atoms with Crippen molar-refractivity contribution < 1.29 is 4.79 Å². The van der Waals surface area contributed by atoms with E-state index in [0.717, 1.165) is 15.8 Å². The predicted octanol–water partition coefficient (Wildman–Crippen LogP) is 5.86. The first-order valence-electron chi connectivity index (χ1n) is 6.68. The maximum absolute atomic E-state index is 12.1. The molecule has 0 atom stereocenters. The molecule has 1 amide bonds. The Hall–Kier alpha value is -1.33. The largest absolute Gasteiger partial charge is 0.360 e. The summed E-state index contributed by atoms with van der Waals surface area (Å²) in [6.45, 7) is 0. The fraction of sp³-hybridized carbons (Fsp3) is 0.0625. The molecule has 0 aliphatic heterocycles. The van der Waals surface area contributed by atoms with Crippen LogP contribution in [0.5, 0.6) is 0 Å². The number of carbonyl (C=O) groups excluding carboxylic acids is 1. The highest BCUT2D eigenvalue weighted by Gasteiger charge is 2.10. The van der Waals surface area contributed by atoms with Crippen LogP contribution in [0.3, 0.4) is 0 Å². The maximum Gasteiger partial charge on any atom is 0.234 e. The molecule has 2 aromatic carbocycles. The highest BCUT2D eigenvalue weighted by atomic mass is 35.5. The van der Waals surface area contributed by atoms with Crippen molar-refractivity contribution in [3.8, 4) is 0 Å². The van der Waals surface area contributed by atoms with Crippen LogP contribution in [0.2, 0.25) is 15.1 Å². The van der Waals surface area contributed by atoms with Gasteiger partial charge in [0.15, 0.2) is 0 Å². The normalized spacial score (nSPS) is 10.9. The van der Waals surface area contributed by atoms with Crippen molar-refractivity contribution in [2.24, 2.45) is 0 Å². The molecule has 1 heterocycles. The molecule has 0 bridgehead atoms. The number of aromatic nitrogens is 1. The smallest absolute Gasteiger partial charge is 0.234 e. The van der Waals surface area contributed by atoms with Crippen LogP contribution >= 0.6 is 46.6 Å². The fourth-order valence-corrected chi connectivity index (χ4v) is 3.63. The molecule has 0 aliphatic rings. The lowest BCUT2D eigenvalue weighted by molar-refractivity contribution is -0.113. The van der Waals surface area contributed by atoms with Gasteiger partial charge < -0.3 is 10.3 Å². The van der Waals surface area contributed by atoms with E-state index < -0.39 is 0 Å². The van der Waals surface area contributed by atoms with Gasteiger partial charge in [-0.1, -0.05) is 40.9 Å². The van der Waals surface area contributed by atoms with Crippen LogP contribution in [0.15, 0.2) is 47.5 Å². The van der Waals surface area contributed by atoms with Crippen LogP contribution in [-0.4, -0.2) is 16.6 Å². The molecule has 0 aliphatic carbocycles. The first-order chi connectivity index (χ1) is 11.0. The summed E-state index contributed by atoms with van der Waals surface area (Å²) < 4.78 is 0. The van der Waals surface area contributed by atoms with E-state index in [4.69, 9.17) is 34.8 Å². The van der Waals surface area contributed by atoms with Gasteiger partial charge in [-0.3, -0.25) is 4.79 Å². The van der Waals surface area contributed by atoms with Crippen LogP contribution in [-0.2, 0) is 4.79 Å². The Kier molecular flexibility index (Phi) is 5.07. The third-order valence-electron chi connectivity index (χ3n) is 3.18. The molecule has 118 valence electrons. The SMILES string of the molecule is O=C(CSc1c[nH]c2cccc(Cl)c12)Nc1ccc(Cl)c(Cl)c1. The predicted molar refractivity (Wildman–Crippen MR) is 99.1 cm³/mol. The fourth-order valence-electron chi connectivity index (χ4n) is 2.14. The van der Waals surface area contributed by atoms with E-state index in [9.17, 15) is 4.79 Å². The van der Waals surface area contributed by atoms with Crippen LogP contribution in [0, 0.1) is 0 Å². The number of nitrogens with one attached hydrogen (secondary N) is 2. The van der Waals surface area contributed by atoms with Crippen LogP contribution in [0.25, 0.3) is 10.9 Å². The molecular formula is C16H11Cl3N2OS. The zero-order chi connectivity index (χ0) is 16.4. The number of aromatic amines is 1. The van der Waals surface area contributed by atoms with E-state index >= 15 is 0 Å². The minimum atomic E-state index is -0.130. The number of fused-ring (bicyclic) bond motifs is 1. The Labute approximate surface area is 152 Å². The van der Waals surface area contributed by atoms with Gasteiger partial charge in [0.05, 0.1) is 20.8 Å². The second-order valence-electron chi connectivity index (χ2n) is 4.78. The molecule has 0 spiro atoms. The Morgan fingerprint density at radius 2 is 1.91 bits per heavy atom. The molecule has 3 nitrogen and oxygen atoms in total. The number of anilines is 1. The molecule has 0 radical (unpaired) electrons. The summed E-state index contributed by atoms with van der Waals surface area (Å²) in [6, 6.07) is 10.6. The quantitative estimate of drug-likeness (QED) is 0.552. The van der Waals surface area contributed by atoms with Gasteiger partial charge in [-0.25, -0.2) is 0 Å². The van der Waals surface area contributed by atoms with Gasteiger partial charge >= 0.3 is 0 Å². The van der Waals surface area contributed by atoms with Crippen molar-refractivity contribution in [2.75, 3.05) is 11.1 Å². The van der Waals surface area contributed by atoms with E-state index in [1.165, 1.54) is 11.8 Å². The highest BCUT2D eigenvalue weighted by Crippen LogP contribution is 2.33. The highest BCUT2D eigenvalue weighted by molar-refractivity contribution is 8.00. The lowest BCUT2D eigenvalue weighted by Crippen LogP contribution is -2.13. The summed E-state index contributed by atoms with van der Waals surface area (Å²) in [4.78, 5) is 16.2. The van der Waals surface area contributed by atoms with Gasteiger partial charge in [-0.15, -0.1) is 11.8 Å². The molecule has 7 heteroatoms. The van der Waals surface area contributed by atoms with Crippen LogP contribution in [0.1, 0.15) is 0 Å². The average Bonchev–Trinajstić information content (AvgIpc) is 2.94. The van der Waals surface area contributed by atoms with Gasteiger partial charge in [0.25, 0.3) is 0 Å². The standard InChI is InChI=1S/C16H11Cl3N2OS/c17-10-5-4-9(6-12(10)19)21-15(22)8-23-14-7-20-13-3-1-2-11(18)16(13)14/h1-7,20H,8H2,(H,21,22). The average molecular weight is 386 g/mol. The lowest BCUT2D eigenvalue weighted by atomic mass is 10.2. The van der Waals surface area contributed by atoms with Crippen molar-refractivity contribution >= 4 is 69.1 Å². The first kappa shape index (κ1) is 16.5. The van der Waals surface area contributed by atoms with E-state index in [2.05, 4.69) is 10.3 Å². The maximum atomic E-state index is 12.1. The molecular weight excluding hydrogens is 375 g/mol. The monoisotopic (exact) mass is 384 g/mol. The van der Waals surface area contributed by atoms with E-state index in [-0.39, 0.29) is 11.7 Å². The summed E-state index contributed by atoms with van der Waals surface area (Å²) >= 11 is 19.4. The number of H-pyrrole nitrogens is 1. The number of hydrogen-bond acceptors (Lipinski definition) is 2. The Balaban J connectivity index is 1.67. The second kappa shape index (κ2) is 7.05. The number of rotatable bonds is 4. The third kappa shape index (κ3) is 3.78. The molecule has 3 aromatic rings. The van der Waals surface area contributed by atoms with Crippen LogP contribution in [0.4, 0.5) is 5.69 Å². The molecule has 0 saturated carbocycles. The zero-order valence-electron chi connectivity index (χ0n) is 11.7. The van der Waals surface area contributed by atoms with Crippen molar-refractivity contribution in [2.45, 2.75) is 4.90 Å². The van der Waals surface area contributed by atoms with Crippen molar-refractivity contribution in [1.29, 1.82) is 0 Å². The molecule has 3 rings (SSSR count). The molecule has 0 unspecified atom stereocenters. The number of halogens is 3. The minimum absolute atomic E-state index is 0.130. The summed E-state index contributed by atoms with van der Waals surface area (Å²) in [5.41, 5.74) is 1.56. The summed E-state index contributed by atoms with van der Waals surface area (Å²) in [7, 11) is 0. The molecule has 2 N–H and O–H groups in total. The van der Waals surface area contributed by atoms with Gasteiger partial charge in [0, 0.05) is 27.7 Å². The Morgan fingerprint density at radius 1 is 1.09 bits per heavy atom. The third-order valence-corrected chi connectivity index (χ3v) is 5.27. The van der Waals surface area contributed by atoms with E-state index in [0.29, 0.717) is 20.8 Å². The number of carbonyl (C=O) groups is 1. The second-order valence-corrected chi connectivity index (χ2v) is 7.02. The molecule has 1 aromatic heterocycles.